The maximum atomic E-state index is 14.7. The van der Waals surface area contributed by atoms with E-state index in [4.69, 9.17) is 9.47 Å². The molecule has 10 heteroatoms. The number of carbonyl (C=O) groups excluding carboxylic acids is 4. The zero-order valence-electron chi connectivity index (χ0n) is 27.1. The van der Waals surface area contributed by atoms with Crippen LogP contribution in [0.15, 0.2) is 78.9 Å². The number of piperazine rings is 1. The summed E-state index contributed by atoms with van der Waals surface area (Å²) in [5, 5.41) is 12.4. The second kappa shape index (κ2) is 15.3. The molecule has 1 unspecified atom stereocenters. The molecule has 10 nitrogen and oxygen atoms in total. The Hall–Kier alpha value is -4.70. The monoisotopic (exact) mass is 641 g/mol. The minimum absolute atomic E-state index is 0.0231. The van der Waals surface area contributed by atoms with Crippen molar-refractivity contribution in [2.24, 2.45) is 5.92 Å². The van der Waals surface area contributed by atoms with Gasteiger partial charge in [0.15, 0.2) is 0 Å². The number of ether oxygens (including phenoxy) is 2. The number of fused-ring (bicyclic) bond motifs is 3. The number of hydrogen-bond donors (Lipinski definition) is 2. The van der Waals surface area contributed by atoms with Gasteiger partial charge in [-0.05, 0) is 55.2 Å². The van der Waals surface area contributed by atoms with Crippen molar-refractivity contribution >= 4 is 29.4 Å². The highest BCUT2D eigenvalue weighted by Gasteiger charge is 2.57. The molecule has 2 N–H and O–H groups in total. The molecule has 1 saturated heterocycles. The van der Waals surface area contributed by atoms with Crippen LogP contribution >= 0.6 is 0 Å². The molecular formula is C37H43N3O7. The van der Waals surface area contributed by atoms with E-state index in [1.165, 1.54) is 0 Å². The van der Waals surface area contributed by atoms with Crippen molar-refractivity contribution in [2.75, 3.05) is 24.7 Å². The summed E-state index contributed by atoms with van der Waals surface area (Å²) in [6.45, 7) is 6.14. The molecule has 3 aromatic rings. The van der Waals surface area contributed by atoms with E-state index in [1.54, 1.807) is 59.2 Å². The number of anilines is 1. The van der Waals surface area contributed by atoms with Crippen LogP contribution in [0.1, 0.15) is 67.6 Å². The lowest BCUT2D eigenvalue weighted by Crippen LogP contribution is -2.69. The summed E-state index contributed by atoms with van der Waals surface area (Å²) in [5.41, 5.74) is 2.45. The summed E-state index contributed by atoms with van der Waals surface area (Å²) in [7, 11) is 0. The first-order valence-electron chi connectivity index (χ1n) is 16.3. The summed E-state index contributed by atoms with van der Waals surface area (Å²) in [6, 6.07) is 20.2. The van der Waals surface area contributed by atoms with Gasteiger partial charge in [-0.15, -0.1) is 0 Å². The van der Waals surface area contributed by atoms with Crippen LogP contribution in [0.2, 0.25) is 0 Å². The second-order valence-electron chi connectivity index (χ2n) is 12.3. The molecule has 0 saturated carbocycles. The molecule has 4 atom stereocenters. The van der Waals surface area contributed by atoms with Crippen molar-refractivity contribution in [2.45, 2.75) is 70.6 Å². The molecule has 0 radical (unpaired) electrons. The number of nitrogens with one attached hydrogen (secondary N) is 1. The second-order valence-corrected chi connectivity index (χ2v) is 12.3. The zero-order chi connectivity index (χ0) is 33.5. The molecule has 248 valence electrons. The van der Waals surface area contributed by atoms with Crippen molar-refractivity contribution in [1.29, 1.82) is 0 Å². The third-order valence-corrected chi connectivity index (χ3v) is 8.60. The standard InChI is InChI=1S/C37H43N3O7/c1-4-46-33(43)23-30-35-34(38-36(44)26-14-9-6-10-15-26)28-22-27(47-19-11-18-41)16-17-29(28)40(35)37(45)31(20-24(2)3)39(30)32(42)21-25-12-7-5-8-13-25/h5-10,12-17,22,24,30-31,34-35,41H,4,11,18-21,23H2,1-3H3,(H,38,44)/t30?,31-,34-,35+/m0/s1. The largest absolute Gasteiger partial charge is 0.493 e. The van der Waals surface area contributed by atoms with Gasteiger partial charge < -0.3 is 29.7 Å². The summed E-state index contributed by atoms with van der Waals surface area (Å²) in [4.78, 5) is 59.3. The van der Waals surface area contributed by atoms with Crippen LogP contribution in [-0.2, 0) is 25.5 Å². The maximum Gasteiger partial charge on any atom is 0.307 e. The van der Waals surface area contributed by atoms with Gasteiger partial charge >= 0.3 is 5.97 Å². The number of amides is 3. The number of nitrogens with zero attached hydrogens (tertiary/aromatic N) is 2. The van der Waals surface area contributed by atoms with E-state index in [2.05, 4.69) is 5.32 Å². The summed E-state index contributed by atoms with van der Waals surface area (Å²) >= 11 is 0. The Bertz CT molecular complexity index is 1560. The summed E-state index contributed by atoms with van der Waals surface area (Å²) in [5.74, 6) is -0.818. The quantitative estimate of drug-likeness (QED) is 0.209. The van der Waals surface area contributed by atoms with Gasteiger partial charge in [0, 0.05) is 29.8 Å². The minimum Gasteiger partial charge on any atom is -0.493 e. The fourth-order valence-corrected chi connectivity index (χ4v) is 6.64. The summed E-state index contributed by atoms with van der Waals surface area (Å²) in [6.07, 6.45) is 0.713. The highest BCUT2D eigenvalue weighted by molar-refractivity contribution is 6.04. The lowest BCUT2D eigenvalue weighted by Gasteiger charge is -2.50. The van der Waals surface area contributed by atoms with Crippen molar-refractivity contribution in [3.05, 3.63) is 95.6 Å². The van der Waals surface area contributed by atoms with Gasteiger partial charge in [-0.2, -0.15) is 0 Å². The number of rotatable bonds is 13. The first kappa shape index (κ1) is 33.7. The average molecular weight is 642 g/mol. The molecule has 0 bridgehead atoms. The lowest BCUT2D eigenvalue weighted by atomic mass is 9.87. The Balaban J connectivity index is 1.64. The molecule has 1 fully saturated rings. The van der Waals surface area contributed by atoms with Crippen LogP contribution in [0.5, 0.6) is 5.75 Å². The van der Waals surface area contributed by atoms with Crippen molar-refractivity contribution in [3.8, 4) is 5.75 Å². The Morgan fingerprint density at radius 3 is 2.34 bits per heavy atom. The van der Waals surface area contributed by atoms with Crippen LogP contribution in [0.25, 0.3) is 0 Å². The number of aliphatic hydroxyl groups excluding tert-OH is 1. The molecule has 5 rings (SSSR count). The van der Waals surface area contributed by atoms with E-state index in [1.807, 2.05) is 50.2 Å². The van der Waals surface area contributed by atoms with Crippen molar-refractivity contribution < 1.29 is 33.8 Å². The molecule has 2 aliphatic heterocycles. The number of benzene rings is 3. The van der Waals surface area contributed by atoms with E-state index in [9.17, 15) is 24.3 Å². The molecule has 3 aromatic carbocycles. The van der Waals surface area contributed by atoms with E-state index in [0.717, 1.165) is 5.56 Å². The highest BCUT2D eigenvalue weighted by atomic mass is 16.5. The molecule has 0 spiro atoms. The van der Waals surface area contributed by atoms with Crippen molar-refractivity contribution in [1.82, 2.24) is 10.2 Å². The maximum absolute atomic E-state index is 14.7. The van der Waals surface area contributed by atoms with Crippen LogP contribution < -0.4 is 15.0 Å². The predicted octanol–water partition coefficient (Wildman–Crippen LogP) is 4.46. The van der Waals surface area contributed by atoms with Gasteiger partial charge in [0.2, 0.25) is 11.8 Å². The average Bonchev–Trinajstić information content (AvgIpc) is 3.37. The molecule has 3 amide bonds. The highest BCUT2D eigenvalue weighted by Crippen LogP contribution is 2.48. The van der Waals surface area contributed by atoms with E-state index < -0.39 is 30.1 Å². The van der Waals surface area contributed by atoms with E-state index in [-0.39, 0.29) is 56.3 Å². The topological polar surface area (TPSA) is 125 Å². The molecule has 0 aliphatic carbocycles. The van der Waals surface area contributed by atoms with Gasteiger partial charge in [0.25, 0.3) is 5.91 Å². The SMILES string of the molecule is CCOC(=O)CC1[C@@H]2[C@@H](NC(=O)c3ccccc3)c3cc(OCCCO)ccc3N2C(=O)[C@H](CC(C)C)N1C(=O)Cc1ccccc1. The van der Waals surface area contributed by atoms with Gasteiger partial charge in [-0.1, -0.05) is 62.4 Å². The third-order valence-electron chi connectivity index (χ3n) is 8.60. The van der Waals surface area contributed by atoms with Crippen molar-refractivity contribution in [3.63, 3.8) is 0 Å². The Morgan fingerprint density at radius 1 is 0.979 bits per heavy atom. The first-order chi connectivity index (χ1) is 22.7. The summed E-state index contributed by atoms with van der Waals surface area (Å²) < 4.78 is 11.3. The predicted molar refractivity (Wildman–Crippen MR) is 177 cm³/mol. The minimum atomic E-state index is -0.834. The molecule has 47 heavy (non-hydrogen) atoms. The fraction of sp³-hybridized carbons (Fsp3) is 0.405. The van der Waals surface area contributed by atoms with Gasteiger partial charge in [-0.25, -0.2) is 0 Å². The Labute approximate surface area is 275 Å². The van der Waals surface area contributed by atoms with Crippen LogP contribution in [0.4, 0.5) is 5.69 Å². The Kier molecular flexibility index (Phi) is 10.9. The fourth-order valence-electron chi connectivity index (χ4n) is 6.64. The third kappa shape index (κ3) is 7.49. The van der Waals surface area contributed by atoms with E-state index >= 15 is 0 Å². The normalized spacial score (nSPS) is 20.1. The Morgan fingerprint density at radius 2 is 1.68 bits per heavy atom. The smallest absolute Gasteiger partial charge is 0.307 e. The van der Waals surface area contributed by atoms with Gasteiger partial charge in [0.05, 0.1) is 44.2 Å². The molecule has 2 aliphatic rings. The van der Waals surface area contributed by atoms with E-state index in [0.29, 0.717) is 35.4 Å². The number of carbonyl (C=O) groups is 4. The first-order valence-corrected chi connectivity index (χ1v) is 16.3. The molecule has 0 aromatic heterocycles. The lowest BCUT2D eigenvalue weighted by molar-refractivity contribution is -0.153. The van der Waals surface area contributed by atoms with Crippen LogP contribution in [-0.4, -0.2) is 71.6 Å². The number of aliphatic hydroxyl groups is 1. The molecule has 2 heterocycles. The number of hydrogen-bond acceptors (Lipinski definition) is 7. The van der Waals surface area contributed by atoms with Crippen LogP contribution in [0.3, 0.4) is 0 Å². The zero-order valence-corrected chi connectivity index (χ0v) is 27.1. The van der Waals surface area contributed by atoms with Gasteiger partial charge in [-0.3, -0.25) is 19.2 Å². The molecular weight excluding hydrogens is 598 g/mol. The number of esters is 1. The van der Waals surface area contributed by atoms with Gasteiger partial charge in [0.1, 0.15) is 11.8 Å². The van der Waals surface area contributed by atoms with Crippen LogP contribution in [0, 0.1) is 5.92 Å².